The van der Waals surface area contributed by atoms with Crippen LogP contribution in [0, 0.1) is 5.92 Å². The van der Waals surface area contributed by atoms with Gasteiger partial charge in [0.15, 0.2) is 24.1 Å². The Morgan fingerprint density at radius 3 is 2.20 bits per heavy atom. The Morgan fingerprint density at radius 2 is 1.63 bits per heavy atom. The Labute approximate surface area is 202 Å². The molecule has 1 saturated heterocycles. The standard InChI is InChI=1S/C26H29NO8/c1-10(2)16-8-14-18(26(34-16)35-17-9-15(27)21(28)11(3)33-17)25(32)20-19(24(14)31)22(29)12-6-4-5-7-13(12)23(20)30/h4-7,10-11,15-17,21,26,28,31-32H,8-9,27H2,1-3H3/t11-,15+,16+,17+,21-,26-/m1/s1. The lowest BCUT2D eigenvalue weighted by atomic mass is 9.78. The van der Waals surface area contributed by atoms with Crippen LogP contribution in [0.1, 0.15) is 76.5 Å². The summed E-state index contributed by atoms with van der Waals surface area (Å²) in [6.45, 7) is 5.56. The van der Waals surface area contributed by atoms with Gasteiger partial charge in [-0.25, -0.2) is 0 Å². The first-order valence-corrected chi connectivity index (χ1v) is 11.8. The van der Waals surface area contributed by atoms with Gasteiger partial charge in [-0.2, -0.15) is 0 Å². The largest absolute Gasteiger partial charge is 0.507 e. The molecule has 5 rings (SSSR count). The predicted octanol–water partition coefficient (Wildman–Crippen LogP) is 2.31. The summed E-state index contributed by atoms with van der Waals surface area (Å²) in [4.78, 5) is 26.6. The lowest BCUT2D eigenvalue weighted by molar-refractivity contribution is -0.302. The Bertz CT molecular complexity index is 1200. The topological polar surface area (TPSA) is 149 Å². The number of aliphatic hydroxyl groups excluding tert-OH is 1. The molecule has 186 valence electrons. The molecule has 35 heavy (non-hydrogen) atoms. The number of ketones is 2. The second-order valence-corrected chi connectivity index (χ2v) is 9.79. The number of fused-ring (bicyclic) bond motifs is 3. The van der Waals surface area contributed by atoms with Crippen molar-refractivity contribution in [1.82, 2.24) is 0 Å². The van der Waals surface area contributed by atoms with Crippen molar-refractivity contribution in [2.45, 2.75) is 70.5 Å². The monoisotopic (exact) mass is 483 g/mol. The van der Waals surface area contributed by atoms with Crippen LogP contribution < -0.4 is 5.73 Å². The molecule has 2 heterocycles. The molecule has 1 aliphatic carbocycles. The molecule has 0 bridgehead atoms. The van der Waals surface area contributed by atoms with Crippen LogP contribution in [0.15, 0.2) is 24.3 Å². The van der Waals surface area contributed by atoms with Gasteiger partial charge in [-0.05, 0) is 12.8 Å². The third kappa shape index (κ3) is 3.75. The van der Waals surface area contributed by atoms with E-state index in [1.54, 1.807) is 19.1 Å². The van der Waals surface area contributed by atoms with Gasteiger partial charge in [0.2, 0.25) is 0 Å². The summed E-state index contributed by atoms with van der Waals surface area (Å²) in [5, 5.41) is 32.7. The lowest BCUT2D eigenvalue weighted by Gasteiger charge is -2.41. The molecule has 0 spiro atoms. The maximum absolute atomic E-state index is 13.3. The number of hydrogen-bond acceptors (Lipinski definition) is 9. The van der Waals surface area contributed by atoms with Crippen LogP contribution in [0.5, 0.6) is 11.5 Å². The van der Waals surface area contributed by atoms with Crippen molar-refractivity contribution in [3.63, 3.8) is 0 Å². The van der Waals surface area contributed by atoms with E-state index < -0.39 is 54.2 Å². The number of carbonyl (C=O) groups is 2. The molecule has 5 N–H and O–H groups in total. The van der Waals surface area contributed by atoms with Gasteiger partial charge in [0.25, 0.3) is 0 Å². The second kappa shape index (κ2) is 8.69. The zero-order valence-corrected chi connectivity index (χ0v) is 19.7. The number of aromatic hydroxyl groups is 2. The molecule has 0 radical (unpaired) electrons. The van der Waals surface area contributed by atoms with Crippen molar-refractivity contribution in [1.29, 1.82) is 0 Å². The fourth-order valence-corrected chi connectivity index (χ4v) is 5.12. The van der Waals surface area contributed by atoms with E-state index in [0.29, 0.717) is 5.56 Å². The second-order valence-electron chi connectivity index (χ2n) is 9.79. The summed E-state index contributed by atoms with van der Waals surface area (Å²) in [5.74, 6) is -1.89. The summed E-state index contributed by atoms with van der Waals surface area (Å²) in [6.07, 6.45) is -3.51. The molecular formula is C26H29NO8. The molecular weight excluding hydrogens is 454 g/mol. The number of ether oxygens (including phenoxy) is 3. The molecule has 0 aromatic heterocycles. The first-order chi connectivity index (χ1) is 16.6. The molecule has 2 aromatic carbocycles. The molecule has 0 saturated carbocycles. The molecule has 0 unspecified atom stereocenters. The van der Waals surface area contributed by atoms with Crippen molar-refractivity contribution in [2.24, 2.45) is 11.7 Å². The number of carbonyl (C=O) groups excluding carboxylic acids is 2. The van der Waals surface area contributed by atoms with Crippen molar-refractivity contribution < 1.29 is 39.1 Å². The van der Waals surface area contributed by atoms with E-state index in [4.69, 9.17) is 19.9 Å². The number of aliphatic hydroxyl groups is 1. The lowest BCUT2D eigenvalue weighted by Crippen LogP contribution is -2.52. The first-order valence-electron chi connectivity index (χ1n) is 11.8. The average molecular weight is 484 g/mol. The van der Waals surface area contributed by atoms with Crippen molar-refractivity contribution in [3.05, 3.63) is 57.6 Å². The number of hydrogen-bond donors (Lipinski definition) is 4. The Balaban J connectivity index is 1.63. The predicted molar refractivity (Wildman–Crippen MR) is 123 cm³/mol. The van der Waals surface area contributed by atoms with Crippen LogP contribution >= 0.6 is 0 Å². The Morgan fingerprint density at radius 1 is 1.03 bits per heavy atom. The van der Waals surface area contributed by atoms with Crippen LogP contribution in [-0.2, 0) is 20.6 Å². The van der Waals surface area contributed by atoms with E-state index in [9.17, 15) is 24.9 Å². The van der Waals surface area contributed by atoms with Crippen LogP contribution in [0.25, 0.3) is 0 Å². The molecule has 9 nitrogen and oxygen atoms in total. The molecule has 6 atom stereocenters. The molecule has 2 aliphatic heterocycles. The van der Waals surface area contributed by atoms with Crippen LogP contribution in [-0.4, -0.2) is 57.5 Å². The highest BCUT2D eigenvalue weighted by molar-refractivity contribution is 6.30. The van der Waals surface area contributed by atoms with E-state index in [2.05, 4.69) is 0 Å². The maximum Gasteiger partial charge on any atom is 0.198 e. The molecule has 1 fully saturated rings. The molecule has 3 aliphatic rings. The first kappa shape index (κ1) is 23.9. The summed E-state index contributed by atoms with van der Waals surface area (Å²) in [5.41, 5.74) is 6.28. The minimum absolute atomic E-state index is 0.0140. The molecule has 0 amide bonds. The van der Waals surface area contributed by atoms with Crippen molar-refractivity contribution in [3.8, 4) is 11.5 Å². The minimum Gasteiger partial charge on any atom is -0.507 e. The van der Waals surface area contributed by atoms with Gasteiger partial charge in [-0.15, -0.1) is 0 Å². The highest BCUT2D eigenvalue weighted by Gasteiger charge is 2.44. The minimum atomic E-state index is -1.19. The van der Waals surface area contributed by atoms with E-state index in [0.717, 1.165) is 0 Å². The smallest absolute Gasteiger partial charge is 0.198 e. The Kier molecular flexibility index (Phi) is 5.93. The fourth-order valence-electron chi connectivity index (χ4n) is 5.12. The van der Waals surface area contributed by atoms with E-state index in [1.807, 2.05) is 13.8 Å². The summed E-state index contributed by atoms with van der Waals surface area (Å²) in [6, 6.07) is 5.72. The van der Waals surface area contributed by atoms with Gasteiger partial charge in [0, 0.05) is 35.6 Å². The van der Waals surface area contributed by atoms with Crippen LogP contribution in [0.4, 0.5) is 0 Å². The van der Waals surface area contributed by atoms with Crippen molar-refractivity contribution >= 4 is 11.6 Å². The van der Waals surface area contributed by atoms with Crippen molar-refractivity contribution in [2.75, 3.05) is 0 Å². The summed E-state index contributed by atoms with van der Waals surface area (Å²) >= 11 is 0. The third-order valence-electron chi connectivity index (χ3n) is 7.17. The molecule has 9 heteroatoms. The quantitative estimate of drug-likeness (QED) is 0.412. The number of nitrogens with two attached hydrogens (primary N) is 1. The van der Waals surface area contributed by atoms with Gasteiger partial charge in [0.05, 0.1) is 35.0 Å². The number of rotatable bonds is 3. The van der Waals surface area contributed by atoms with E-state index in [-0.39, 0.29) is 52.3 Å². The number of benzene rings is 2. The Hall–Kier alpha value is -2.82. The van der Waals surface area contributed by atoms with Gasteiger partial charge >= 0.3 is 0 Å². The SMILES string of the molecule is CC(C)[C@@H]1Cc2c(O)c3c(c(O)c2[C@@H](O[C@H]2C[C@H](N)[C@H](O)[C@@H](C)O2)O1)C(=O)c1ccccc1C3=O. The zero-order valence-electron chi connectivity index (χ0n) is 19.7. The average Bonchev–Trinajstić information content (AvgIpc) is 2.82. The van der Waals surface area contributed by atoms with Gasteiger partial charge in [-0.1, -0.05) is 38.1 Å². The number of phenols is 2. The summed E-state index contributed by atoms with van der Waals surface area (Å²) in [7, 11) is 0. The fraction of sp³-hybridized carbons (Fsp3) is 0.462. The third-order valence-corrected chi connectivity index (χ3v) is 7.17. The maximum atomic E-state index is 13.3. The summed E-state index contributed by atoms with van der Waals surface area (Å²) < 4.78 is 18.0. The highest BCUT2D eigenvalue weighted by Crippen LogP contribution is 2.49. The zero-order chi connectivity index (χ0) is 25.2. The van der Waals surface area contributed by atoms with Gasteiger partial charge in [0.1, 0.15) is 11.5 Å². The van der Waals surface area contributed by atoms with Crippen LogP contribution in [0.3, 0.4) is 0 Å². The van der Waals surface area contributed by atoms with Gasteiger partial charge in [-0.3, -0.25) is 9.59 Å². The van der Waals surface area contributed by atoms with Crippen LogP contribution in [0.2, 0.25) is 0 Å². The molecule has 2 aromatic rings. The van der Waals surface area contributed by atoms with E-state index >= 15 is 0 Å². The highest BCUT2D eigenvalue weighted by atomic mass is 16.8. The number of phenolic OH excluding ortho intramolecular Hbond substituents is 2. The van der Waals surface area contributed by atoms with Gasteiger partial charge < -0.3 is 35.3 Å². The van der Waals surface area contributed by atoms with E-state index in [1.165, 1.54) is 12.1 Å². The normalized spacial score (nSPS) is 30.1.